The Balaban J connectivity index is 3.25. The van der Waals surface area contributed by atoms with Crippen LogP contribution in [0.3, 0.4) is 0 Å². The standard InChI is InChI=1S/C19H38BrF/c1-3-5-7-8-9-10-11-12-13-15-16-18(20)19(21)17-14-6-4-2/h18-19H,3-17H2,1-2H3. The molecule has 0 saturated heterocycles. The predicted molar refractivity (Wildman–Crippen MR) is 98.2 cm³/mol. The molecule has 0 bridgehead atoms. The highest BCUT2D eigenvalue weighted by Crippen LogP contribution is 2.22. The van der Waals surface area contributed by atoms with Crippen molar-refractivity contribution in [3.05, 3.63) is 0 Å². The smallest absolute Gasteiger partial charge is 0.113 e. The van der Waals surface area contributed by atoms with Crippen LogP contribution in [0.25, 0.3) is 0 Å². The first kappa shape index (κ1) is 21.4. The summed E-state index contributed by atoms with van der Waals surface area (Å²) in [7, 11) is 0. The average molecular weight is 365 g/mol. The van der Waals surface area contributed by atoms with E-state index in [0.29, 0.717) is 0 Å². The highest BCUT2D eigenvalue weighted by Gasteiger charge is 2.16. The van der Waals surface area contributed by atoms with Crippen LogP contribution in [0.4, 0.5) is 4.39 Å². The molecule has 0 saturated carbocycles. The lowest BCUT2D eigenvalue weighted by Gasteiger charge is -2.14. The van der Waals surface area contributed by atoms with Crippen molar-refractivity contribution in [2.45, 2.75) is 121 Å². The van der Waals surface area contributed by atoms with Gasteiger partial charge in [-0.25, -0.2) is 4.39 Å². The van der Waals surface area contributed by atoms with Crippen molar-refractivity contribution in [3.63, 3.8) is 0 Å². The summed E-state index contributed by atoms with van der Waals surface area (Å²) in [4.78, 5) is 0.0865. The first-order valence-corrected chi connectivity index (χ1v) is 10.4. The van der Waals surface area contributed by atoms with E-state index in [-0.39, 0.29) is 4.83 Å². The fraction of sp³-hybridized carbons (Fsp3) is 1.00. The average Bonchev–Trinajstić information content (AvgIpc) is 2.49. The summed E-state index contributed by atoms with van der Waals surface area (Å²) in [5, 5.41) is 0. The van der Waals surface area contributed by atoms with Gasteiger partial charge < -0.3 is 0 Å². The van der Waals surface area contributed by atoms with Crippen LogP contribution in [0.1, 0.15) is 110 Å². The highest BCUT2D eigenvalue weighted by molar-refractivity contribution is 9.09. The maximum Gasteiger partial charge on any atom is 0.113 e. The molecule has 0 aliphatic heterocycles. The molecule has 0 aromatic carbocycles. The number of rotatable bonds is 16. The molecule has 2 unspecified atom stereocenters. The fourth-order valence-corrected chi connectivity index (χ4v) is 3.37. The molecule has 0 aliphatic rings. The molecule has 0 nitrogen and oxygen atoms in total. The van der Waals surface area contributed by atoms with Gasteiger partial charge in [0, 0.05) is 4.83 Å². The second-order valence-corrected chi connectivity index (χ2v) is 7.67. The van der Waals surface area contributed by atoms with Crippen molar-refractivity contribution in [1.29, 1.82) is 0 Å². The zero-order valence-electron chi connectivity index (χ0n) is 14.5. The van der Waals surface area contributed by atoms with Crippen LogP contribution in [0.15, 0.2) is 0 Å². The van der Waals surface area contributed by atoms with E-state index in [1.165, 1.54) is 77.0 Å². The van der Waals surface area contributed by atoms with E-state index in [9.17, 15) is 4.39 Å². The van der Waals surface area contributed by atoms with E-state index in [4.69, 9.17) is 0 Å². The van der Waals surface area contributed by atoms with Crippen LogP contribution in [0.2, 0.25) is 0 Å². The Morgan fingerprint density at radius 3 is 1.52 bits per heavy atom. The number of halogens is 2. The lowest BCUT2D eigenvalue weighted by molar-refractivity contribution is 0.291. The largest absolute Gasteiger partial charge is 0.246 e. The maximum atomic E-state index is 13.9. The van der Waals surface area contributed by atoms with Crippen LogP contribution in [-0.2, 0) is 0 Å². The third-order valence-corrected chi connectivity index (χ3v) is 5.34. The summed E-state index contributed by atoms with van der Waals surface area (Å²) >= 11 is 3.54. The number of unbranched alkanes of at least 4 members (excludes halogenated alkanes) is 11. The van der Waals surface area contributed by atoms with Crippen LogP contribution in [0, 0.1) is 0 Å². The molecule has 0 fully saturated rings. The molecular formula is C19H38BrF. The Morgan fingerprint density at radius 2 is 1.00 bits per heavy atom. The molecule has 0 radical (unpaired) electrons. The molecule has 21 heavy (non-hydrogen) atoms. The molecule has 0 aromatic rings. The van der Waals surface area contributed by atoms with Gasteiger partial charge in [0.25, 0.3) is 0 Å². The van der Waals surface area contributed by atoms with E-state index in [0.717, 1.165) is 19.3 Å². The molecule has 2 heteroatoms. The molecule has 128 valence electrons. The monoisotopic (exact) mass is 364 g/mol. The lowest BCUT2D eigenvalue weighted by atomic mass is 10.0. The van der Waals surface area contributed by atoms with E-state index in [2.05, 4.69) is 29.8 Å². The number of hydrogen-bond acceptors (Lipinski definition) is 0. The van der Waals surface area contributed by atoms with Gasteiger partial charge in [-0.1, -0.05) is 113 Å². The molecule has 2 atom stereocenters. The Kier molecular flexibility index (Phi) is 17.1. The lowest BCUT2D eigenvalue weighted by Crippen LogP contribution is -2.15. The minimum Gasteiger partial charge on any atom is -0.246 e. The highest BCUT2D eigenvalue weighted by atomic mass is 79.9. The summed E-state index contributed by atoms with van der Waals surface area (Å²) < 4.78 is 13.9. The first-order valence-electron chi connectivity index (χ1n) is 9.50. The summed E-state index contributed by atoms with van der Waals surface area (Å²) in [5.74, 6) is 0. The fourth-order valence-electron chi connectivity index (χ4n) is 2.78. The Bertz CT molecular complexity index is 196. The van der Waals surface area contributed by atoms with Gasteiger partial charge in [0.15, 0.2) is 0 Å². The van der Waals surface area contributed by atoms with Crippen LogP contribution >= 0.6 is 15.9 Å². The van der Waals surface area contributed by atoms with E-state index in [1.54, 1.807) is 0 Å². The number of hydrogen-bond donors (Lipinski definition) is 0. The quantitative estimate of drug-likeness (QED) is 0.192. The number of alkyl halides is 2. The minimum absolute atomic E-state index is 0.0865. The maximum absolute atomic E-state index is 13.9. The van der Waals surface area contributed by atoms with Gasteiger partial charge in [-0.15, -0.1) is 0 Å². The SMILES string of the molecule is CCCCCCCCCCCCC(Br)C(F)CCCCC. The zero-order chi connectivity index (χ0) is 15.8. The molecule has 0 heterocycles. The van der Waals surface area contributed by atoms with Gasteiger partial charge in [0.1, 0.15) is 6.17 Å². The van der Waals surface area contributed by atoms with Gasteiger partial charge in [0.2, 0.25) is 0 Å². The van der Waals surface area contributed by atoms with Crippen molar-refractivity contribution < 1.29 is 4.39 Å². The Labute approximate surface area is 141 Å². The van der Waals surface area contributed by atoms with Crippen molar-refractivity contribution in [2.75, 3.05) is 0 Å². The molecule has 0 spiro atoms. The van der Waals surface area contributed by atoms with E-state index >= 15 is 0 Å². The van der Waals surface area contributed by atoms with E-state index in [1.807, 2.05) is 0 Å². The van der Waals surface area contributed by atoms with Crippen molar-refractivity contribution >= 4 is 15.9 Å². The molecule has 0 amide bonds. The zero-order valence-corrected chi connectivity index (χ0v) is 16.1. The summed E-state index contributed by atoms with van der Waals surface area (Å²) in [6.45, 7) is 4.44. The van der Waals surface area contributed by atoms with Gasteiger partial charge in [-0.05, 0) is 12.8 Å². The van der Waals surface area contributed by atoms with E-state index < -0.39 is 6.17 Å². The topological polar surface area (TPSA) is 0 Å². The van der Waals surface area contributed by atoms with Crippen molar-refractivity contribution in [3.8, 4) is 0 Å². The molecule has 0 aliphatic carbocycles. The second-order valence-electron chi connectivity index (χ2n) is 6.50. The van der Waals surface area contributed by atoms with Gasteiger partial charge >= 0.3 is 0 Å². The second kappa shape index (κ2) is 16.8. The normalized spacial score (nSPS) is 14.3. The molecular weight excluding hydrogens is 327 g/mol. The molecule has 0 rings (SSSR count). The van der Waals surface area contributed by atoms with Crippen LogP contribution in [0.5, 0.6) is 0 Å². The van der Waals surface area contributed by atoms with Gasteiger partial charge in [0.05, 0.1) is 0 Å². The van der Waals surface area contributed by atoms with Gasteiger partial charge in [-0.2, -0.15) is 0 Å². The van der Waals surface area contributed by atoms with Crippen molar-refractivity contribution in [2.24, 2.45) is 0 Å². The van der Waals surface area contributed by atoms with Gasteiger partial charge in [-0.3, -0.25) is 0 Å². The first-order chi connectivity index (χ1) is 10.2. The summed E-state index contributed by atoms with van der Waals surface area (Å²) in [5.41, 5.74) is 0. The summed E-state index contributed by atoms with van der Waals surface area (Å²) in [6.07, 6.45) is 18.0. The Hall–Kier alpha value is 0.410. The third-order valence-electron chi connectivity index (χ3n) is 4.31. The predicted octanol–water partition coefficient (Wildman–Crippen LogP) is 7.98. The van der Waals surface area contributed by atoms with Crippen LogP contribution < -0.4 is 0 Å². The summed E-state index contributed by atoms with van der Waals surface area (Å²) in [6, 6.07) is 0. The van der Waals surface area contributed by atoms with Crippen LogP contribution in [-0.4, -0.2) is 11.0 Å². The third kappa shape index (κ3) is 15.1. The molecule has 0 N–H and O–H groups in total. The molecule has 0 aromatic heterocycles. The minimum atomic E-state index is -0.643. The Morgan fingerprint density at radius 1 is 0.619 bits per heavy atom. The van der Waals surface area contributed by atoms with Crippen molar-refractivity contribution in [1.82, 2.24) is 0 Å².